The maximum absolute atomic E-state index is 13.2. The minimum atomic E-state index is -4.50. The van der Waals surface area contributed by atoms with Gasteiger partial charge in [-0.15, -0.1) is 0 Å². The van der Waals surface area contributed by atoms with Crippen LogP contribution >= 0.6 is 0 Å². The number of fused-ring (bicyclic) bond motifs is 1. The number of nitrogens with one attached hydrogen (secondary N) is 1. The van der Waals surface area contributed by atoms with Crippen LogP contribution in [-0.4, -0.2) is 55.4 Å². The van der Waals surface area contributed by atoms with Crippen LogP contribution in [0.5, 0.6) is 11.5 Å². The van der Waals surface area contributed by atoms with Crippen LogP contribution in [0, 0.1) is 0 Å². The minimum Gasteiger partial charge on any atom is -0.488 e. The fraction of sp³-hybridized carbons (Fsp3) is 0.333. The van der Waals surface area contributed by atoms with Gasteiger partial charge in [0.05, 0.1) is 17.8 Å². The van der Waals surface area contributed by atoms with Gasteiger partial charge < -0.3 is 30.2 Å². The number of primary amides is 1. The fourth-order valence-corrected chi connectivity index (χ4v) is 4.66. The number of anilines is 1. The van der Waals surface area contributed by atoms with Crippen LogP contribution in [0.25, 0.3) is 0 Å². The number of para-hydroxylation sites is 2. The van der Waals surface area contributed by atoms with E-state index in [-0.39, 0.29) is 37.3 Å². The maximum atomic E-state index is 13.2. The summed E-state index contributed by atoms with van der Waals surface area (Å²) in [4.78, 5) is 26.8. The number of carbonyl (C=O) groups is 2. The summed E-state index contributed by atoms with van der Waals surface area (Å²) in [6.45, 7) is 1.22. The second-order valence-corrected chi connectivity index (χ2v) is 9.70. The quantitative estimate of drug-likeness (QED) is 0.304. The molecule has 2 amide bonds. The molecule has 0 saturated heterocycles. The van der Waals surface area contributed by atoms with Crippen molar-refractivity contribution in [2.45, 2.75) is 38.6 Å². The molecule has 8 nitrogen and oxygen atoms in total. The summed E-state index contributed by atoms with van der Waals surface area (Å²) in [6, 6.07) is 18.6. The molecule has 0 radical (unpaired) electrons. The first-order valence-corrected chi connectivity index (χ1v) is 13.2. The van der Waals surface area contributed by atoms with Crippen LogP contribution < -0.4 is 20.5 Å². The zero-order valence-corrected chi connectivity index (χ0v) is 22.6. The molecular formula is C30H32F3N3O5. The second-order valence-electron chi connectivity index (χ2n) is 9.70. The van der Waals surface area contributed by atoms with Gasteiger partial charge in [0.1, 0.15) is 13.2 Å². The van der Waals surface area contributed by atoms with E-state index in [2.05, 4.69) is 5.32 Å². The molecule has 0 bridgehead atoms. The van der Waals surface area contributed by atoms with Gasteiger partial charge in [0.25, 0.3) is 5.91 Å². The van der Waals surface area contributed by atoms with E-state index in [1.807, 2.05) is 43.3 Å². The Morgan fingerprint density at radius 2 is 1.68 bits per heavy atom. The lowest BCUT2D eigenvalue weighted by atomic mass is 9.98. The third-order valence-corrected chi connectivity index (χ3v) is 6.57. The Morgan fingerprint density at radius 1 is 1.00 bits per heavy atom. The normalized spacial score (nSPS) is 13.1. The lowest BCUT2D eigenvalue weighted by Gasteiger charge is -2.29. The van der Waals surface area contributed by atoms with E-state index >= 15 is 0 Å². The molecule has 0 aliphatic carbocycles. The van der Waals surface area contributed by atoms with E-state index in [1.54, 1.807) is 18.2 Å². The van der Waals surface area contributed by atoms with Crippen LogP contribution in [-0.2, 0) is 24.2 Å². The molecule has 0 unspecified atom stereocenters. The summed E-state index contributed by atoms with van der Waals surface area (Å²) in [5.41, 5.74) is 9.40. The molecule has 1 atom stereocenters. The molecule has 3 aromatic rings. The highest BCUT2D eigenvalue weighted by Gasteiger charge is 2.29. The van der Waals surface area contributed by atoms with Gasteiger partial charge in [-0.3, -0.25) is 4.79 Å². The number of hydrogen-bond donors (Lipinski definition) is 2. The summed E-state index contributed by atoms with van der Waals surface area (Å²) in [6.07, 6.45) is -3.92. The first-order valence-electron chi connectivity index (χ1n) is 13.2. The first-order chi connectivity index (χ1) is 19.6. The van der Waals surface area contributed by atoms with E-state index in [0.717, 1.165) is 28.8 Å². The van der Waals surface area contributed by atoms with Crippen molar-refractivity contribution in [2.24, 2.45) is 5.73 Å². The number of nitrogens with zero attached hydrogens (tertiary/aromatic N) is 1. The Balaban J connectivity index is 1.47. The summed E-state index contributed by atoms with van der Waals surface area (Å²) in [7, 11) is 0. The van der Waals surface area contributed by atoms with Gasteiger partial charge in [0.2, 0.25) is 0 Å². The van der Waals surface area contributed by atoms with Crippen LogP contribution in [0.4, 0.5) is 23.7 Å². The van der Waals surface area contributed by atoms with Crippen LogP contribution in [0.1, 0.15) is 34.0 Å². The monoisotopic (exact) mass is 571 g/mol. The Hall–Kier alpha value is -4.41. The van der Waals surface area contributed by atoms with Gasteiger partial charge in [0.15, 0.2) is 18.1 Å². The number of amides is 2. The number of ether oxygens (including phenoxy) is 3. The smallest absolute Gasteiger partial charge is 0.422 e. The van der Waals surface area contributed by atoms with Gasteiger partial charge in [-0.05, 0) is 54.7 Å². The van der Waals surface area contributed by atoms with E-state index < -0.39 is 24.8 Å². The van der Waals surface area contributed by atoms with Crippen molar-refractivity contribution in [2.75, 3.05) is 31.6 Å². The van der Waals surface area contributed by atoms with Crippen molar-refractivity contribution in [3.8, 4) is 11.5 Å². The maximum Gasteiger partial charge on any atom is 0.422 e. The van der Waals surface area contributed by atoms with Crippen LogP contribution in [0.3, 0.4) is 0 Å². The number of hydrogen-bond acceptors (Lipinski definition) is 6. The minimum absolute atomic E-state index is 0.0299. The zero-order valence-electron chi connectivity index (χ0n) is 22.6. The molecule has 0 fully saturated rings. The van der Waals surface area contributed by atoms with Gasteiger partial charge in [-0.1, -0.05) is 48.5 Å². The van der Waals surface area contributed by atoms with Crippen molar-refractivity contribution in [1.82, 2.24) is 4.90 Å². The lowest BCUT2D eigenvalue weighted by Crippen LogP contribution is -2.42. The molecule has 0 aromatic heterocycles. The molecule has 3 aromatic carbocycles. The summed E-state index contributed by atoms with van der Waals surface area (Å²) >= 11 is 0. The fourth-order valence-electron chi connectivity index (χ4n) is 4.66. The third kappa shape index (κ3) is 8.29. The van der Waals surface area contributed by atoms with E-state index in [4.69, 9.17) is 19.9 Å². The Morgan fingerprint density at radius 3 is 2.37 bits per heavy atom. The van der Waals surface area contributed by atoms with Gasteiger partial charge in [-0.2, -0.15) is 13.2 Å². The van der Waals surface area contributed by atoms with Crippen LogP contribution in [0.15, 0.2) is 66.7 Å². The number of benzene rings is 3. The third-order valence-electron chi connectivity index (χ3n) is 6.57. The topological polar surface area (TPSA) is 103 Å². The molecule has 3 N–H and O–H groups in total. The number of carbonyl (C=O) groups excluding carboxylic acids is 2. The van der Waals surface area contributed by atoms with Crippen LogP contribution in [0.2, 0.25) is 0 Å². The molecule has 1 heterocycles. The molecule has 4 rings (SSSR count). The lowest BCUT2D eigenvalue weighted by molar-refractivity contribution is -0.153. The van der Waals surface area contributed by atoms with Crippen molar-refractivity contribution >= 4 is 17.7 Å². The largest absolute Gasteiger partial charge is 0.488 e. The predicted molar refractivity (Wildman–Crippen MR) is 147 cm³/mol. The van der Waals surface area contributed by atoms with E-state index in [0.29, 0.717) is 18.5 Å². The molecule has 1 aliphatic heterocycles. The molecule has 1 aliphatic rings. The van der Waals surface area contributed by atoms with Crippen molar-refractivity contribution in [1.29, 1.82) is 0 Å². The number of nitrogens with two attached hydrogens (primary N) is 1. The van der Waals surface area contributed by atoms with Gasteiger partial charge in [-0.25, -0.2) is 4.79 Å². The SMILES string of the molecule is C[C@H](Cc1cc2c(c(C(N)=O)c1)NCC2)N(CCOc1ccccc1OCC(F)(F)F)C(=O)OCc1ccccc1. The molecule has 218 valence electrons. The summed E-state index contributed by atoms with van der Waals surface area (Å²) in [5, 5.41) is 3.19. The van der Waals surface area contributed by atoms with Crippen molar-refractivity contribution < 1.29 is 37.0 Å². The summed E-state index contributed by atoms with van der Waals surface area (Å²) in [5.74, 6) is -0.467. The van der Waals surface area contributed by atoms with Crippen molar-refractivity contribution in [3.63, 3.8) is 0 Å². The van der Waals surface area contributed by atoms with Gasteiger partial charge >= 0.3 is 12.3 Å². The Kier molecular flexibility index (Phi) is 9.59. The molecule has 0 spiro atoms. The predicted octanol–water partition coefficient (Wildman–Crippen LogP) is 5.34. The number of alkyl halides is 3. The Bertz CT molecular complexity index is 1350. The molecule has 0 saturated carbocycles. The summed E-state index contributed by atoms with van der Waals surface area (Å²) < 4.78 is 54.2. The number of halogens is 3. The molecule has 41 heavy (non-hydrogen) atoms. The number of rotatable bonds is 12. The van der Waals surface area contributed by atoms with E-state index in [9.17, 15) is 22.8 Å². The average Bonchev–Trinajstić information content (AvgIpc) is 3.41. The second kappa shape index (κ2) is 13.3. The average molecular weight is 572 g/mol. The Labute approximate surface area is 236 Å². The highest BCUT2D eigenvalue weighted by molar-refractivity contribution is 6.00. The zero-order chi connectivity index (χ0) is 29.4. The molecular weight excluding hydrogens is 539 g/mol. The first kappa shape index (κ1) is 29.6. The molecule has 11 heteroatoms. The van der Waals surface area contributed by atoms with E-state index in [1.165, 1.54) is 17.0 Å². The highest BCUT2D eigenvalue weighted by atomic mass is 19.4. The van der Waals surface area contributed by atoms with Gasteiger partial charge in [0, 0.05) is 12.6 Å². The highest BCUT2D eigenvalue weighted by Crippen LogP contribution is 2.30. The standard InChI is InChI=1S/C30H32F3N3O5/c1-20(15-22-16-23-11-12-35-27(23)24(17-22)28(34)37)36(29(38)40-18-21-7-3-2-4-8-21)13-14-39-25-9-5-6-10-26(25)41-19-30(31,32)33/h2-10,16-17,20,35H,11-15,18-19H2,1H3,(H2,34,37)/t20-/m1/s1. The van der Waals surface area contributed by atoms with Crippen molar-refractivity contribution in [3.05, 3.63) is 89.0 Å².